The van der Waals surface area contributed by atoms with E-state index in [1.165, 1.54) is 0 Å². The molecule has 23 heavy (non-hydrogen) atoms. The molecule has 2 aromatic rings. The highest BCUT2D eigenvalue weighted by Crippen LogP contribution is 2.25. The van der Waals surface area contributed by atoms with Crippen molar-refractivity contribution < 1.29 is 19.7 Å². The van der Waals surface area contributed by atoms with E-state index in [0.717, 1.165) is 10.8 Å². The van der Waals surface area contributed by atoms with Gasteiger partial charge in [0, 0.05) is 24.3 Å². The Hall–Kier alpha value is -2.18. The number of aliphatic hydroxyl groups excluding tert-OH is 2. The van der Waals surface area contributed by atoms with Crippen LogP contribution in [-0.4, -0.2) is 39.5 Å². The summed E-state index contributed by atoms with van der Waals surface area (Å²) in [5.41, 5.74) is -0.0283. The second-order valence-electron chi connectivity index (χ2n) is 6.34. The molecule has 6 heteroatoms. The van der Waals surface area contributed by atoms with Crippen LogP contribution in [0.5, 0.6) is 0 Å². The van der Waals surface area contributed by atoms with Crippen molar-refractivity contribution in [3.05, 3.63) is 42.2 Å². The molecular formula is C17H22N2O4. The first kappa shape index (κ1) is 17.2. The van der Waals surface area contributed by atoms with Crippen LogP contribution in [0.25, 0.3) is 10.8 Å². The number of hydrogen-bond acceptors (Lipinski definition) is 5. The first-order valence-electron chi connectivity index (χ1n) is 7.43. The van der Waals surface area contributed by atoms with Crippen molar-refractivity contribution in [1.29, 1.82) is 0 Å². The molecule has 0 aliphatic heterocycles. The van der Waals surface area contributed by atoms with Crippen molar-refractivity contribution in [2.24, 2.45) is 0 Å². The fraction of sp³-hybridized carbons (Fsp3) is 0.412. The van der Waals surface area contributed by atoms with Crippen molar-refractivity contribution in [1.82, 2.24) is 10.3 Å². The standard InChI is InChI=1S/C17H22N2O4/c1-17(2,3)23-16(22)19-10-14(20)15(21)13-6-4-5-11-9-18-8-7-12(11)13/h4-9,14-15,20-21H,10H2,1-3H3,(H,19,22). The summed E-state index contributed by atoms with van der Waals surface area (Å²) in [5.74, 6) is 0. The number of aromatic nitrogens is 1. The van der Waals surface area contributed by atoms with Crippen LogP contribution in [0.3, 0.4) is 0 Å². The number of benzene rings is 1. The minimum Gasteiger partial charge on any atom is -0.444 e. The van der Waals surface area contributed by atoms with E-state index < -0.39 is 23.9 Å². The number of aliphatic hydroxyl groups is 2. The molecule has 1 amide bonds. The Labute approximate surface area is 135 Å². The van der Waals surface area contributed by atoms with Gasteiger partial charge in [0.15, 0.2) is 0 Å². The second kappa shape index (κ2) is 6.93. The summed E-state index contributed by atoms with van der Waals surface area (Å²) in [6, 6.07) is 7.19. The lowest BCUT2D eigenvalue weighted by atomic mass is 9.98. The number of amides is 1. The number of rotatable bonds is 4. The maximum absolute atomic E-state index is 11.6. The average Bonchev–Trinajstić information content (AvgIpc) is 2.49. The van der Waals surface area contributed by atoms with Gasteiger partial charge in [0.05, 0.1) is 0 Å². The van der Waals surface area contributed by atoms with E-state index in [1.807, 2.05) is 6.07 Å². The van der Waals surface area contributed by atoms with Gasteiger partial charge in [-0.05, 0) is 37.8 Å². The second-order valence-corrected chi connectivity index (χ2v) is 6.34. The van der Waals surface area contributed by atoms with Crippen LogP contribution < -0.4 is 5.32 Å². The number of pyridine rings is 1. The molecule has 124 valence electrons. The number of fused-ring (bicyclic) bond motifs is 1. The number of ether oxygens (including phenoxy) is 1. The van der Waals surface area contributed by atoms with Crippen molar-refractivity contribution in [3.63, 3.8) is 0 Å². The van der Waals surface area contributed by atoms with Gasteiger partial charge in [0.2, 0.25) is 0 Å². The minimum atomic E-state index is -1.15. The topological polar surface area (TPSA) is 91.7 Å². The highest BCUT2D eigenvalue weighted by atomic mass is 16.6. The van der Waals surface area contributed by atoms with E-state index in [0.29, 0.717) is 5.56 Å². The molecule has 2 atom stereocenters. The number of carbonyl (C=O) groups is 1. The van der Waals surface area contributed by atoms with E-state index in [4.69, 9.17) is 4.74 Å². The Balaban J connectivity index is 2.04. The van der Waals surface area contributed by atoms with Gasteiger partial charge in [-0.1, -0.05) is 18.2 Å². The van der Waals surface area contributed by atoms with E-state index in [9.17, 15) is 15.0 Å². The van der Waals surface area contributed by atoms with Gasteiger partial charge >= 0.3 is 6.09 Å². The zero-order chi connectivity index (χ0) is 17.0. The molecule has 2 rings (SSSR count). The van der Waals surface area contributed by atoms with Gasteiger partial charge in [0.25, 0.3) is 0 Å². The molecule has 0 saturated heterocycles. The predicted octanol–water partition coefficient (Wildman–Crippen LogP) is 2.15. The van der Waals surface area contributed by atoms with Crippen molar-refractivity contribution in [2.75, 3.05) is 6.54 Å². The van der Waals surface area contributed by atoms with Gasteiger partial charge in [0.1, 0.15) is 17.8 Å². The number of nitrogens with one attached hydrogen (secondary N) is 1. The SMILES string of the molecule is CC(C)(C)OC(=O)NCC(O)C(O)c1cccc2cnccc12. The van der Waals surface area contributed by atoms with Gasteiger partial charge in [-0.3, -0.25) is 4.98 Å². The highest BCUT2D eigenvalue weighted by molar-refractivity contribution is 5.85. The van der Waals surface area contributed by atoms with Crippen LogP contribution in [0, 0.1) is 0 Å². The summed E-state index contributed by atoms with van der Waals surface area (Å²) in [5, 5.41) is 24.6. The van der Waals surface area contributed by atoms with Crippen LogP contribution in [-0.2, 0) is 4.74 Å². The summed E-state index contributed by atoms with van der Waals surface area (Å²) in [6.07, 6.45) is 0.406. The Morgan fingerprint density at radius 2 is 2.04 bits per heavy atom. The first-order valence-corrected chi connectivity index (χ1v) is 7.43. The molecule has 1 heterocycles. The molecule has 0 bridgehead atoms. The molecule has 0 fully saturated rings. The molecule has 0 aliphatic carbocycles. The third-order valence-corrected chi connectivity index (χ3v) is 3.25. The first-order chi connectivity index (χ1) is 10.8. The molecule has 0 saturated carbocycles. The molecule has 2 unspecified atom stereocenters. The third-order valence-electron chi connectivity index (χ3n) is 3.25. The van der Waals surface area contributed by atoms with Crippen LogP contribution in [0.1, 0.15) is 32.4 Å². The monoisotopic (exact) mass is 318 g/mol. The zero-order valence-corrected chi connectivity index (χ0v) is 13.5. The summed E-state index contributed by atoms with van der Waals surface area (Å²) >= 11 is 0. The van der Waals surface area contributed by atoms with E-state index in [2.05, 4.69) is 10.3 Å². The Morgan fingerprint density at radius 3 is 2.74 bits per heavy atom. The van der Waals surface area contributed by atoms with E-state index >= 15 is 0 Å². The van der Waals surface area contributed by atoms with Gasteiger partial charge in [-0.15, -0.1) is 0 Å². The smallest absolute Gasteiger partial charge is 0.407 e. The van der Waals surface area contributed by atoms with Crippen LogP contribution in [0.2, 0.25) is 0 Å². The predicted molar refractivity (Wildman–Crippen MR) is 86.9 cm³/mol. The molecular weight excluding hydrogens is 296 g/mol. The van der Waals surface area contributed by atoms with Gasteiger partial charge in [-0.25, -0.2) is 4.79 Å². The number of nitrogens with zero attached hydrogens (tertiary/aromatic N) is 1. The van der Waals surface area contributed by atoms with Crippen molar-refractivity contribution >= 4 is 16.9 Å². The lowest BCUT2D eigenvalue weighted by Gasteiger charge is -2.22. The highest BCUT2D eigenvalue weighted by Gasteiger charge is 2.22. The Morgan fingerprint density at radius 1 is 1.30 bits per heavy atom. The van der Waals surface area contributed by atoms with Crippen LogP contribution >= 0.6 is 0 Å². The van der Waals surface area contributed by atoms with E-state index in [-0.39, 0.29) is 6.54 Å². The molecule has 1 aromatic carbocycles. The van der Waals surface area contributed by atoms with Crippen LogP contribution in [0.4, 0.5) is 4.79 Å². The summed E-state index contributed by atoms with van der Waals surface area (Å²) < 4.78 is 5.09. The van der Waals surface area contributed by atoms with E-state index in [1.54, 1.807) is 51.4 Å². The molecule has 3 N–H and O–H groups in total. The molecule has 0 radical (unpaired) electrons. The summed E-state index contributed by atoms with van der Waals surface area (Å²) in [7, 11) is 0. The molecule has 1 aromatic heterocycles. The molecule has 6 nitrogen and oxygen atoms in total. The normalized spacial score (nSPS) is 14.3. The van der Waals surface area contributed by atoms with Crippen LogP contribution in [0.15, 0.2) is 36.7 Å². The van der Waals surface area contributed by atoms with Crippen molar-refractivity contribution in [2.45, 2.75) is 38.6 Å². The lowest BCUT2D eigenvalue weighted by molar-refractivity contribution is 0.0136. The Bertz CT molecular complexity index is 676. The van der Waals surface area contributed by atoms with Gasteiger partial charge < -0.3 is 20.3 Å². The Kier molecular flexibility index (Phi) is 5.18. The molecule has 0 aliphatic rings. The summed E-state index contributed by atoms with van der Waals surface area (Å²) in [6.45, 7) is 5.14. The minimum absolute atomic E-state index is 0.114. The van der Waals surface area contributed by atoms with Crippen molar-refractivity contribution in [3.8, 4) is 0 Å². The number of hydrogen-bond donors (Lipinski definition) is 3. The fourth-order valence-corrected chi connectivity index (χ4v) is 2.23. The maximum atomic E-state index is 11.6. The average molecular weight is 318 g/mol. The quantitative estimate of drug-likeness (QED) is 0.803. The third kappa shape index (κ3) is 4.64. The van der Waals surface area contributed by atoms with Gasteiger partial charge in [-0.2, -0.15) is 0 Å². The maximum Gasteiger partial charge on any atom is 0.407 e. The lowest BCUT2D eigenvalue weighted by Crippen LogP contribution is -2.38. The number of carbonyl (C=O) groups excluding carboxylic acids is 1. The fourth-order valence-electron chi connectivity index (χ4n) is 2.23. The summed E-state index contributed by atoms with van der Waals surface area (Å²) in [4.78, 5) is 15.6. The largest absolute Gasteiger partial charge is 0.444 e. The zero-order valence-electron chi connectivity index (χ0n) is 13.5. The molecule has 0 spiro atoms. The number of alkyl carbamates (subject to hydrolysis) is 1.